The number of nitrogens with zero attached hydrogens (tertiary/aromatic N) is 5. The molecule has 138 valence electrons. The molecule has 0 bridgehead atoms. The van der Waals surface area contributed by atoms with Gasteiger partial charge in [0, 0.05) is 11.7 Å². The van der Waals surface area contributed by atoms with E-state index in [1.165, 1.54) is 15.9 Å². The third-order valence-electron chi connectivity index (χ3n) is 4.85. The van der Waals surface area contributed by atoms with Gasteiger partial charge in [0.05, 0.1) is 5.54 Å². The first-order valence-corrected chi connectivity index (χ1v) is 9.19. The fourth-order valence-corrected chi connectivity index (χ4v) is 3.49. The standard InChI is InChI=1S/C21H23N5O/c1-21(2,3)26-23-19(22-24-26)20(27)25(17-11-5-4-6-12-17)18-13-15-9-7-8-10-16(15)14-18/h4-12,18H,13-14H2,1-3H3. The summed E-state index contributed by atoms with van der Waals surface area (Å²) in [5, 5.41) is 12.5. The highest BCUT2D eigenvalue weighted by Crippen LogP contribution is 2.29. The molecule has 2 aromatic carbocycles. The molecular weight excluding hydrogens is 338 g/mol. The summed E-state index contributed by atoms with van der Waals surface area (Å²) in [6, 6.07) is 18.1. The van der Waals surface area contributed by atoms with Crippen LogP contribution in [0.2, 0.25) is 0 Å². The second kappa shape index (κ2) is 6.61. The van der Waals surface area contributed by atoms with Crippen LogP contribution in [-0.2, 0) is 18.4 Å². The first-order chi connectivity index (χ1) is 12.9. The molecule has 0 fully saturated rings. The van der Waals surface area contributed by atoms with Gasteiger partial charge >= 0.3 is 0 Å². The maximum Gasteiger partial charge on any atom is 0.300 e. The summed E-state index contributed by atoms with van der Waals surface area (Å²) in [5.74, 6) is -0.0840. The van der Waals surface area contributed by atoms with E-state index in [4.69, 9.17) is 0 Å². The highest BCUT2D eigenvalue weighted by molar-refractivity contribution is 6.04. The smallest absolute Gasteiger partial charge is 0.300 e. The number of hydrogen-bond acceptors (Lipinski definition) is 4. The minimum atomic E-state index is -0.327. The topological polar surface area (TPSA) is 63.9 Å². The molecule has 0 aliphatic heterocycles. The van der Waals surface area contributed by atoms with E-state index in [9.17, 15) is 4.79 Å². The third-order valence-corrected chi connectivity index (χ3v) is 4.85. The average Bonchev–Trinajstić information content (AvgIpc) is 3.29. The zero-order valence-electron chi connectivity index (χ0n) is 15.8. The van der Waals surface area contributed by atoms with Crippen LogP contribution in [0.25, 0.3) is 0 Å². The van der Waals surface area contributed by atoms with E-state index in [1.807, 2.05) is 68.1 Å². The lowest BCUT2D eigenvalue weighted by Gasteiger charge is -2.28. The van der Waals surface area contributed by atoms with Crippen molar-refractivity contribution in [3.05, 3.63) is 71.5 Å². The van der Waals surface area contributed by atoms with Crippen LogP contribution in [-0.4, -0.2) is 32.2 Å². The number of carbonyl (C=O) groups excluding carboxylic acids is 1. The molecule has 1 heterocycles. The van der Waals surface area contributed by atoms with Crippen LogP contribution in [0.4, 0.5) is 5.69 Å². The minimum absolute atomic E-state index is 0.0406. The van der Waals surface area contributed by atoms with Gasteiger partial charge in [0.1, 0.15) is 0 Å². The van der Waals surface area contributed by atoms with Crippen molar-refractivity contribution in [3.8, 4) is 0 Å². The van der Waals surface area contributed by atoms with Gasteiger partial charge in [-0.05, 0) is 62.1 Å². The van der Waals surface area contributed by atoms with E-state index < -0.39 is 0 Å². The van der Waals surface area contributed by atoms with Gasteiger partial charge in [-0.1, -0.05) is 42.5 Å². The Bertz CT molecular complexity index is 933. The van der Waals surface area contributed by atoms with Gasteiger partial charge in [-0.3, -0.25) is 4.79 Å². The van der Waals surface area contributed by atoms with Crippen molar-refractivity contribution in [2.75, 3.05) is 4.90 Å². The van der Waals surface area contributed by atoms with E-state index in [0.717, 1.165) is 18.5 Å². The number of benzene rings is 2. The Labute approximate surface area is 158 Å². The summed E-state index contributed by atoms with van der Waals surface area (Å²) < 4.78 is 0. The largest absolute Gasteiger partial charge is 0.302 e. The Morgan fingerprint density at radius 1 is 1.00 bits per heavy atom. The predicted octanol–water partition coefficient (Wildman–Crippen LogP) is 3.24. The number of amides is 1. The van der Waals surface area contributed by atoms with Crippen LogP contribution >= 0.6 is 0 Å². The first-order valence-electron chi connectivity index (χ1n) is 9.19. The number of para-hydroxylation sites is 1. The van der Waals surface area contributed by atoms with E-state index >= 15 is 0 Å². The minimum Gasteiger partial charge on any atom is -0.302 e. The molecule has 6 nitrogen and oxygen atoms in total. The number of carbonyl (C=O) groups is 1. The molecule has 0 saturated heterocycles. The van der Waals surface area contributed by atoms with Crippen LogP contribution in [0.5, 0.6) is 0 Å². The Morgan fingerprint density at radius 2 is 1.59 bits per heavy atom. The molecule has 0 saturated carbocycles. The van der Waals surface area contributed by atoms with Crippen molar-refractivity contribution in [1.29, 1.82) is 0 Å². The zero-order valence-corrected chi connectivity index (χ0v) is 15.8. The average molecular weight is 361 g/mol. The molecule has 0 radical (unpaired) electrons. The van der Waals surface area contributed by atoms with Gasteiger partial charge in [-0.2, -0.15) is 4.80 Å². The highest BCUT2D eigenvalue weighted by Gasteiger charge is 2.34. The van der Waals surface area contributed by atoms with E-state index in [1.54, 1.807) is 0 Å². The quantitative estimate of drug-likeness (QED) is 0.718. The van der Waals surface area contributed by atoms with Crippen LogP contribution in [0.3, 0.4) is 0 Å². The fourth-order valence-electron chi connectivity index (χ4n) is 3.49. The SMILES string of the molecule is CC(C)(C)n1nnc(C(=O)N(c2ccccc2)C2Cc3ccccc3C2)n1. The monoisotopic (exact) mass is 361 g/mol. The van der Waals surface area contributed by atoms with Crippen molar-refractivity contribution >= 4 is 11.6 Å². The lowest BCUT2D eigenvalue weighted by Crippen LogP contribution is -2.42. The molecule has 6 heteroatoms. The molecule has 1 aromatic heterocycles. The lowest BCUT2D eigenvalue weighted by molar-refractivity contribution is 0.0966. The number of tetrazole rings is 1. The Hall–Kier alpha value is -3.02. The maximum absolute atomic E-state index is 13.4. The first kappa shape index (κ1) is 17.4. The van der Waals surface area contributed by atoms with Crippen molar-refractivity contribution in [1.82, 2.24) is 20.2 Å². The summed E-state index contributed by atoms with van der Waals surface area (Å²) in [6.07, 6.45) is 1.65. The van der Waals surface area contributed by atoms with Gasteiger partial charge in [-0.25, -0.2) is 0 Å². The Morgan fingerprint density at radius 3 is 2.15 bits per heavy atom. The van der Waals surface area contributed by atoms with Gasteiger partial charge in [0.25, 0.3) is 11.7 Å². The number of fused-ring (bicyclic) bond motifs is 1. The molecule has 1 aliphatic rings. The van der Waals surface area contributed by atoms with Crippen molar-refractivity contribution in [2.45, 2.75) is 45.2 Å². The molecule has 0 N–H and O–H groups in total. The highest BCUT2D eigenvalue weighted by atomic mass is 16.2. The molecule has 4 rings (SSSR count). The maximum atomic E-state index is 13.4. The zero-order chi connectivity index (χ0) is 19.0. The molecule has 0 spiro atoms. The molecular formula is C21H23N5O. The Balaban J connectivity index is 1.69. The summed E-state index contributed by atoms with van der Waals surface area (Å²) in [4.78, 5) is 16.7. The lowest BCUT2D eigenvalue weighted by atomic mass is 10.1. The predicted molar refractivity (Wildman–Crippen MR) is 104 cm³/mol. The molecule has 0 atom stereocenters. The second-order valence-corrected chi connectivity index (χ2v) is 7.91. The molecule has 1 amide bonds. The van der Waals surface area contributed by atoms with Crippen LogP contribution in [0.15, 0.2) is 54.6 Å². The van der Waals surface area contributed by atoms with Crippen LogP contribution in [0, 0.1) is 0 Å². The molecule has 3 aromatic rings. The van der Waals surface area contributed by atoms with Crippen LogP contribution < -0.4 is 4.90 Å². The Kier molecular flexibility index (Phi) is 4.26. The van der Waals surface area contributed by atoms with Gasteiger partial charge in [0.2, 0.25) is 0 Å². The van der Waals surface area contributed by atoms with E-state index in [2.05, 4.69) is 27.5 Å². The van der Waals surface area contributed by atoms with Gasteiger partial charge in [0.15, 0.2) is 0 Å². The summed E-state index contributed by atoms with van der Waals surface area (Å²) in [6.45, 7) is 5.93. The number of rotatable bonds is 3. The summed E-state index contributed by atoms with van der Waals surface area (Å²) in [5.41, 5.74) is 3.12. The fraction of sp³-hybridized carbons (Fsp3) is 0.333. The van der Waals surface area contributed by atoms with Crippen molar-refractivity contribution in [2.24, 2.45) is 0 Å². The van der Waals surface area contributed by atoms with Crippen molar-refractivity contribution in [3.63, 3.8) is 0 Å². The summed E-state index contributed by atoms with van der Waals surface area (Å²) in [7, 11) is 0. The number of hydrogen-bond donors (Lipinski definition) is 0. The van der Waals surface area contributed by atoms with Crippen LogP contribution in [0.1, 0.15) is 42.5 Å². The normalized spacial score (nSPS) is 14.2. The summed E-state index contributed by atoms with van der Waals surface area (Å²) >= 11 is 0. The number of aromatic nitrogens is 4. The molecule has 1 aliphatic carbocycles. The van der Waals surface area contributed by atoms with E-state index in [0.29, 0.717) is 0 Å². The molecule has 0 unspecified atom stereocenters. The third kappa shape index (κ3) is 3.35. The van der Waals surface area contributed by atoms with E-state index in [-0.39, 0.29) is 23.3 Å². The van der Waals surface area contributed by atoms with Gasteiger partial charge < -0.3 is 4.90 Å². The van der Waals surface area contributed by atoms with Gasteiger partial charge in [-0.15, -0.1) is 10.2 Å². The molecule has 27 heavy (non-hydrogen) atoms. The number of anilines is 1. The van der Waals surface area contributed by atoms with Crippen molar-refractivity contribution < 1.29 is 4.79 Å². The second-order valence-electron chi connectivity index (χ2n) is 7.91.